The molecule has 0 aliphatic heterocycles. The first-order valence-electron chi connectivity index (χ1n) is 8.87. The Bertz CT molecular complexity index is 1060. The summed E-state index contributed by atoms with van der Waals surface area (Å²) in [5, 5.41) is 0. The molecule has 0 saturated heterocycles. The molecular weight excluding hydrogens is 370 g/mol. The number of benzene rings is 3. The summed E-state index contributed by atoms with van der Waals surface area (Å²) >= 11 is 0. The highest BCUT2D eigenvalue weighted by atomic mass is 32.2. The zero-order valence-corrected chi connectivity index (χ0v) is 16.3. The van der Waals surface area contributed by atoms with Gasteiger partial charge in [-0.3, -0.25) is 4.79 Å². The van der Waals surface area contributed by atoms with Gasteiger partial charge < -0.3 is 0 Å². The Morgan fingerprint density at radius 3 is 2.04 bits per heavy atom. The molecule has 0 atom stereocenters. The van der Waals surface area contributed by atoms with Crippen molar-refractivity contribution in [2.75, 3.05) is 0 Å². The third-order valence-electron chi connectivity index (χ3n) is 4.24. The summed E-state index contributed by atoms with van der Waals surface area (Å²) in [5.74, 6) is -0.590. The lowest BCUT2D eigenvalue weighted by molar-refractivity contribution is -0.121. The minimum Gasteiger partial charge on any atom is -0.269 e. The van der Waals surface area contributed by atoms with Crippen LogP contribution in [0, 0.1) is 6.92 Å². The van der Waals surface area contributed by atoms with Crippen LogP contribution in [0.5, 0.6) is 0 Å². The van der Waals surface area contributed by atoms with Gasteiger partial charge in [0.25, 0.3) is 15.9 Å². The fourth-order valence-corrected chi connectivity index (χ4v) is 4.03. The van der Waals surface area contributed by atoms with Crippen molar-refractivity contribution in [3.05, 3.63) is 108 Å². The number of carbonyl (C=O) groups is 1. The molecule has 0 aliphatic carbocycles. The average molecular weight is 391 g/mol. The Balaban J connectivity index is 1.95. The zero-order chi connectivity index (χ0) is 20.0. The molecule has 0 spiro atoms. The van der Waals surface area contributed by atoms with Gasteiger partial charge in [0.2, 0.25) is 0 Å². The third kappa shape index (κ3) is 4.75. The van der Waals surface area contributed by atoms with Crippen molar-refractivity contribution in [1.82, 2.24) is 4.31 Å². The van der Waals surface area contributed by atoms with Gasteiger partial charge in [-0.15, -0.1) is 0 Å². The van der Waals surface area contributed by atoms with E-state index >= 15 is 0 Å². The standard InChI is InChI=1S/C23H21NO3S/c1-19-12-15-22(16-13-19)28(26,27)24(18-21-10-6-3-7-11-21)23(25)17-14-20-8-4-2-5-9-20/h2-17H,18H2,1H3/b17-14+. The van der Waals surface area contributed by atoms with Gasteiger partial charge in [-0.1, -0.05) is 78.4 Å². The average Bonchev–Trinajstić information content (AvgIpc) is 2.72. The van der Waals surface area contributed by atoms with Gasteiger partial charge in [-0.2, -0.15) is 0 Å². The minimum absolute atomic E-state index is 0.0327. The van der Waals surface area contributed by atoms with E-state index in [9.17, 15) is 13.2 Å². The number of aryl methyl sites for hydroxylation is 1. The predicted molar refractivity (Wildman–Crippen MR) is 111 cm³/mol. The molecule has 0 saturated carbocycles. The van der Waals surface area contributed by atoms with E-state index in [1.807, 2.05) is 55.5 Å². The van der Waals surface area contributed by atoms with Crippen LogP contribution in [-0.2, 0) is 21.4 Å². The Morgan fingerprint density at radius 1 is 0.857 bits per heavy atom. The molecule has 4 nitrogen and oxygen atoms in total. The molecule has 3 aromatic rings. The highest BCUT2D eigenvalue weighted by Crippen LogP contribution is 2.20. The molecule has 0 N–H and O–H groups in total. The zero-order valence-electron chi connectivity index (χ0n) is 15.5. The quantitative estimate of drug-likeness (QED) is 0.584. The third-order valence-corrected chi connectivity index (χ3v) is 6.00. The fraction of sp³-hybridized carbons (Fsp3) is 0.0870. The topological polar surface area (TPSA) is 54.5 Å². The Kier molecular flexibility index (Phi) is 6.06. The molecule has 0 fully saturated rings. The second kappa shape index (κ2) is 8.67. The van der Waals surface area contributed by atoms with E-state index in [1.54, 1.807) is 30.3 Å². The largest absolute Gasteiger partial charge is 0.269 e. The molecule has 3 rings (SSSR count). The smallest absolute Gasteiger partial charge is 0.267 e. The molecule has 0 unspecified atom stereocenters. The highest BCUT2D eigenvalue weighted by Gasteiger charge is 2.28. The number of carbonyl (C=O) groups excluding carboxylic acids is 1. The van der Waals surface area contributed by atoms with Crippen LogP contribution in [0.15, 0.2) is 95.9 Å². The SMILES string of the molecule is Cc1ccc(S(=O)(=O)N(Cc2ccccc2)C(=O)/C=C/c2ccccc2)cc1. The Hall–Kier alpha value is -3.18. The van der Waals surface area contributed by atoms with Gasteiger partial charge in [0.05, 0.1) is 11.4 Å². The van der Waals surface area contributed by atoms with Crippen LogP contribution in [0.2, 0.25) is 0 Å². The molecular formula is C23H21NO3S. The van der Waals surface area contributed by atoms with Gasteiger partial charge in [-0.05, 0) is 36.3 Å². The summed E-state index contributed by atoms with van der Waals surface area (Å²) in [7, 11) is -3.99. The molecule has 0 aromatic heterocycles. The number of hydrogen-bond donors (Lipinski definition) is 0. The van der Waals surface area contributed by atoms with Crippen LogP contribution in [0.1, 0.15) is 16.7 Å². The van der Waals surface area contributed by atoms with Crippen LogP contribution >= 0.6 is 0 Å². The number of hydrogen-bond acceptors (Lipinski definition) is 3. The molecule has 142 valence electrons. The van der Waals surface area contributed by atoms with Crippen molar-refractivity contribution >= 4 is 22.0 Å². The summed E-state index contributed by atoms with van der Waals surface area (Å²) in [6, 6.07) is 24.8. The van der Waals surface area contributed by atoms with Crippen molar-refractivity contribution in [3.8, 4) is 0 Å². The van der Waals surface area contributed by atoms with Crippen molar-refractivity contribution in [2.24, 2.45) is 0 Å². The maximum absolute atomic E-state index is 13.2. The van der Waals surface area contributed by atoms with Gasteiger partial charge in [-0.25, -0.2) is 12.7 Å². The maximum Gasteiger partial charge on any atom is 0.267 e. The summed E-state index contributed by atoms with van der Waals surface area (Å²) in [6.07, 6.45) is 2.91. The van der Waals surface area contributed by atoms with E-state index in [2.05, 4.69) is 0 Å². The summed E-state index contributed by atoms with van der Waals surface area (Å²) < 4.78 is 27.3. The normalized spacial score (nSPS) is 11.5. The van der Waals surface area contributed by atoms with Crippen molar-refractivity contribution in [1.29, 1.82) is 0 Å². The van der Waals surface area contributed by atoms with Gasteiger partial charge in [0, 0.05) is 6.08 Å². The molecule has 0 aliphatic rings. The summed E-state index contributed by atoms with van der Waals surface area (Å²) in [6.45, 7) is 1.85. The predicted octanol–water partition coefficient (Wildman–Crippen LogP) is 4.43. The first-order valence-corrected chi connectivity index (χ1v) is 10.3. The van der Waals surface area contributed by atoms with Crippen LogP contribution in [0.25, 0.3) is 6.08 Å². The van der Waals surface area contributed by atoms with Crippen molar-refractivity contribution in [3.63, 3.8) is 0 Å². The number of rotatable bonds is 6. The Morgan fingerprint density at radius 2 is 1.43 bits per heavy atom. The van der Waals surface area contributed by atoms with Gasteiger partial charge in [0.15, 0.2) is 0 Å². The van der Waals surface area contributed by atoms with Crippen molar-refractivity contribution in [2.45, 2.75) is 18.4 Å². The molecule has 28 heavy (non-hydrogen) atoms. The van der Waals surface area contributed by atoms with E-state index in [4.69, 9.17) is 0 Å². The fourth-order valence-electron chi connectivity index (χ4n) is 2.68. The van der Waals surface area contributed by atoms with Crippen LogP contribution in [0.3, 0.4) is 0 Å². The lowest BCUT2D eigenvalue weighted by Crippen LogP contribution is -2.35. The lowest BCUT2D eigenvalue weighted by Gasteiger charge is -2.21. The molecule has 5 heteroatoms. The number of nitrogens with zero attached hydrogens (tertiary/aromatic N) is 1. The summed E-state index contributed by atoms with van der Waals surface area (Å²) in [5.41, 5.74) is 2.51. The van der Waals surface area contributed by atoms with Gasteiger partial charge >= 0.3 is 0 Å². The number of sulfonamides is 1. The van der Waals surface area contributed by atoms with E-state index < -0.39 is 15.9 Å². The maximum atomic E-state index is 13.2. The van der Waals surface area contributed by atoms with Crippen LogP contribution in [-0.4, -0.2) is 18.6 Å². The second-order valence-corrected chi connectivity index (χ2v) is 8.25. The van der Waals surface area contributed by atoms with E-state index in [1.165, 1.54) is 18.2 Å². The van der Waals surface area contributed by atoms with Crippen LogP contribution in [0.4, 0.5) is 0 Å². The molecule has 0 radical (unpaired) electrons. The monoisotopic (exact) mass is 391 g/mol. The van der Waals surface area contributed by atoms with Crippen molar-refractivity contribution < 1.29 is 13.2 Å². The second-order valence-electron chi connectivity index (χ2n) is 6.39. The molecule has 1 amide bonds. The lowest BCUT2D eigenvalue weighted by atomic mass is 10.2. The Labute approximate surface area is 165 Å². The summed E-state index contributed by atoms with van der Waals surface area (Å²) in [4.78, 5) is 13.0. The van der Waals surface area contributed by atoms with E-state index in [0.29, 0.717) is 0 Å². The van der Waals surface area contributed by atoms with E-state index in [-0.39, 0.29) is 11.4 Å². The first kappa shape index (κ1) is 19.6. The van der Waals surface area contributed by atoms with E-state index in [0.717, 1.165) is 21.0 Å². The molecule has 3 aromatic carbocycles. The first-order chi connectivity index (χ1) is 13.5. The molecule has 0 bridgehead atoms. The minimum atomic E-state index is -3.99. The highest BCUT2D eigenvalue weighted by molar-refractivity contribution is 7.89. The van der Waals surface area contributed by atoms with Crippen LogP contribution < -0.4 is 0 Å². The van der Waals surface area contributed by atoms with Gasteiger partial charge in [0.1, 0.15) is 0 Å². The molecule has 0 heterocycles. The number of amides is 1.